The van der Waals surface area contributed by atoms with E-state index in [4.69, 9.17) is 10.8 Å². The number of aliphatic carboxylic acids is 1. The zero-order valence-corrected chi connectivity index (χ0v) is 16.7. The Morgan fingerprint density at radius 1 is 1.07 bits per heavy atom. The number of unbranched alkanes of at least 4 members (excludes halogenated alkanes) is 2. The van der Waals surface area contributed by atoms with E-state index in [1.54, 1.807) is 4.90 Å². The van der Waals surface area contributed by atoms with Crippen LogP contribution in [0.15, 0.2) is 42.5 Å². The van der Waals surface area contributed by atoms with Gasteiger partial charge in [0, 0.05) is 18.2 Å². The number of carboxylic acid groups (broad SMARTS) is 1. The van der Waals surface area contributed by atoms with Gasteiger partial charge in [-0.3, -0.25) is 14.4 Å². The summed E-state index contributed by atoms with van der Waals surface area (Å²) in [5, 5.41) is 8.93. The molecule has 3 rings (SSSR count). The fourth-order valence-electron chi connectivity index (χ4n) is 4.29. The van der Waals surface area contributed by atoms with Crippen LogP contribution in [0.2, 0.25) is 0 Å². The van der Waals surface area contributed by atoms with Crippen molar-refractivity contribution in [2.24, 2.45) is 29.4 Å². The first kappa shape index (κ1) is 21.1. The van der Waals surface area contributed by atoms with Crippen molar-refractivity contribution in [1.82, 2.24) is 0 Å². The first-order valence-electron chi connectivity index (χ1n) is 10.5. The van der Waals surface area contributed by atoms with Crippen LogP contribution in [-0.4, -0.2) is 29.4 Å². The lowest BCUT2D eigenvalue weighted by atomic mass is 9.93. The molecule has 156 valence electrons. The molecule has 2 fully saturated rings. The Kier molecular flexibility index (Phi) is 7.07. The Morgan fingerprint density at radius 2 is 1.79 bits per heavy atom. The van der Waals surface area contributed by atoms with Gasteiger partial charge in [-0.15, -0.1) is 0 Å². The first-order chi connectivity index (χ1) is 14.0. The van der Waals surface area contributed by atoms with Crippen molar-refractivity contribution < 1.29 is 19.5 Å². The highest BCUT2D eigenvalue weighted by molar-refractivity contribution is 5.98. The molecule has 1 aromatic rings. The maximum atomic E-state index is 13.2. The van der Waals surface area contributed by atoms with Crippen LogP contribution in [0.5, 0.6) is 0 Å². The SMILES string of the molecule is NC(=O)C1CCCC1C(=O)N(CCCCC=CC1CC1C(=O)O)c1ccccc1. The Balaban J connectivity index is 1.54. The number of anilines is 1. The standard InChI is InChI=1S/C23H30N2O4/c24-21(26)18-12-8-13-19(18)22(27)25(17-10-5-3-6-11-17)14-7-2-1-4-9-16-15-20(16)23(28)29/h3-6,9-11,16,18-20H,1-2,7-8,12-15H2,(H2,24,26)(H,28,29). The molecule has 1 aromatic carbocycles. The third kappa shape index (κ3) is 5.46. The zero-order valence-electron chi connectivity index (χ0n) is 16.7. The third-order valence-electron chi connectivity index (χ3n) is 6.08. The monoisotopic (exact) mass is 398 g/mol. The van der Waals surface area contributed by atoms with E-state index in [9.17, 15) is 14.4 Å². The number of primary amides is 1. The van der Waals surface area contributed by atoms with E-state index in [1.807, 2.05) is 36.4 Å². The molecule has 0 aliphatic heterocycles. The lowest BCUT2D eigenvalue weighted by Gasteiger charge is -2.27. The van der Waals surface area contributed by atoms with Gasteiger partial charge < -0.3 is 15.7 Å². The van der Waals surface area contributed by atoms with Gasteiger partial charge in [-0.25, -0.2) is 0 Å². The van der Waals surface area contributed by atoms with Gasteiger partial charge in [0.05, 0.1) is 11.8 Å². The number of rotatable bonds is 10. The van der Waals surface area contributed by atoms with Crippen LogP contribution in [0.3, 0.4) is 0 Å². The maximum Gasteiger partial charge on any atom is 0.307 e. The second kappa shape index (κ2) is 9.72. The number of allylic oxidation sites excluding steroid dienone is 2. The molecule has 0 aromatic heterocycles. The lowest BCUT2D eigenvalue weighted by molar-refractivity contribution is -0.138. The minimum Gasteiger partial charge on any atom is -0.481 e. The summed E-state index contributed by atoms with van der Waals surface area (Å²) < 4.78 is 0. The van der Waals surface area contributed by atoms with Gasteiger partial charge in [-0.1, -0.05) is 36.8 Å². The molecular weight excluding hydrogens is 368 g/mol. The summed E-state index contributed by atoms with van der Waals surface area (Å²) in [6, 6.07) is 9.58. The van der Waals surface area contributed by atoms with Gasteiger partial charge in [0.2, 0.25) is 11.8 Å². The van der Waals surface area contributed by atoms with Crippen LogP contribution in [0.25, 0.3) is 0 Å². The Labute approximate surface area is 171 Å². The van der Waals surface area contributed by atoms with Crippen LogP contribution < -0.4 is 10.6 Å². The molecule has 2 aliphatic rings. The second-order valence-electron chi connectivity index (χ2n) is 8.14. The molecule has 29 heavy (non-hydrogen) atoms. The van der Waals surface area contributed by atoms with Crippen molar-refractivity contribution >= 4 is 23.5 Å². The second-order valence-corrected chi connectivity index (χ2v) is 8.14. The molecule has 4 atom stereocenters. The third-order valence-corrected chi connectivity index (χ3v) is 6.08. The van der Waals surface area contributed by atoms with Gasteiger partial charge >= 0.3 is 5.97 Å². The van der Waals surface area contributed by atoms with E-state index in [-0.39, 0.29) is 35.5 Å². The number of amides is 2. The highest BCUT2D eigenvalue weighted by Gasteiger charge is 2.41. The molecule has 0 spiro atoms. The predicted octanol–water partition coefficient (Wildman–Crippen LogP) is 3.37. The molecule has 0 radical (unpaired) electrons. The molecule has 2 saturated carbocycles. The number of carboxylic acids is 1. The van der Waals surface area contributed by atoms with Crippen molar-refractivity contribution in [3.05, 3.63) is 42.5 Å². The number of carbonyl (C=O) groups is 3. The van der Waals surface area contributed by atoms with E-state index in [0.29, 0.717) is 19.4 Å². The van der Waals surface area contributed by atoms with Crippen LogP contribution in [0, 0.1) is 23.7 Å². The number of benzene rings is 1. The van der Waals surface area contributed by atoms with E-state index in [0.717, 1.165) is 37.8 Å². The smallest absolute Gasteiger partial charge is 0.307 e. The van der Waals surface area contributed by atoms with Crippen molar-refractivity contribution in [3.8, 4) is 0 Å². The first-order valence-corrected chi connectivity index (χ1v) is 10.5. The summed E-state index contributed by atoms with van der Waals surface area (Å²) in [5.41, 5.74) is 6.38. The van der Waals surface area contributed by atoms with E-state index < -0.39 is 5.97 Å². The van der Waals surface area contributed by atoms with Crippen molar-refractivity contribution in [1.29, 1.82) is 0 Å². The van der Waals surface area contributed by atoms with Crippen LogP contribution in [-0.2, 0) is 14.4 Å². The molecule has 0 bridgehead atoms. The largest absolute Gasteiger partial charge is 0.481 e. The van der Waals surface area contributed by atoms with E-state index >= 15 is 0 Å². The normalized spacial score (nSPS) is 25.8. The fraction of sp³-hybridized carbons (Fsp3) is 0.522. The number of para-hydroxylation sites is 1. The average Bonchev–Trinajstić information content (AvgIpc) is 3.32. The lowest BCUT2D eigenvalue weighted by Crippen LogP contribution is -2.41. The van der Waals surface area contributed by atoms with Crippen LogP contribution >= 0.6 is 0 Å². The van der Waals surface area contributed by atoms with Crippen LogP contribution in [0.4, 0.5) is 5.69 Å². The number of hydrogen-bond donors (Lipinski definition) is 2. The topological polar surface area (TPSA) is 101 Å². The Bertz CT molecular complexity index is 761. The molecule has 4 unspecified atom stereocenters. The molecule has 3 N–H and O–H groups in total. The highest BCUT2D eigenvalue weighted by atomic mass is 16.4. The molecule has 2 aliphatic carbocycles. The highest BCUT2D eigenvalue weighted by Crippen LogP contribution is 2.39. The summed E-state index contributed by atoms with van der Waals surface area (Å²) in [6.07, 6.45) is 9.69. The van der Waals surface area contributed by atoms with Crippen molar-refractivity contribution in [2.75, 3.05) is 11.4 Å². The molecule has 6 nitrogen and oxygen atoms in total. The molecular formula is C23H30N2O4. The zero-order chi connectivity index (χ0) is 20.8. The number of nitrogens with two attached hydrogens (primary N) is 1. The van der Waals surface area contributed by atoms with Gasteiger partial charge in [0.15, 0.2) is 0 Å². The van der Waals surface area contributed by atoms with E-state index in [1.165, 1.54) is 0 Å². The Hall–Kier alpha value is -2.63. The minimum absolute atomic E-state index is 0.00433. The fourth-order valence-corrected chi connectivity index (χ4v) is 4.29. The molecule has 6 heteroatoms. The van der Waals surface area contributed by atoms with E-state index in [2.05, 4.69) is 6.08 Å². The predicted molar refractivity (Wildman–Crippen MR) is 111 cm³/mol. The number of carbonyl (C=O) groups excluding carboxylic acids is 2. The average molecular weight is 399 g/mol. The molecule has 2 amide bonds. The molecule has 0 heterocycles. The van der Waals surface area contributed by atoms with Crippen molar-refractivity contribution in [2.45, 2.75) is 44.9 Å². The summed E-state index contributed by atoms with van der Waals surface area (Å²) >= 11 is 0. The van der Waals surface area contributed by atoms with Gasteiger partial charge in [0.1, 0.15) is 0 Å². The summed E-state index contributed by atoms with van der Waals surface area (Å²) in [6.45, 7) is 0.597. The van der Waals surface area contributed by atoms with Gasteiger partial charge in [-0.05, 0) is 56.6 Å². The Morgan fingerprint density at radius 3 is 2.45 bits per heavy atom. The van der Waals surface area contributed by atoms with Gasteiger partial charge in [-0.2, -0.15) is 0 Å². The molecule has 0 saturated heterocycles. The maximum absolute atomic E-state index is 13.2. The summed E-state index contributed by atoms with van der Waals surface area (Å²) in [7, 11) is 0. The number of nitrogens with zero attached hydrogens (tertiary/aromatic N) is 1. The van der Waals surface area contributed by atoms with Crippen LogP contribution in [0.1, 0.15) is 44.9 Å². The quantitative estimate of drug-likeness (QED) is 0.466. The van der Waals surface area contributed by atoms with Gasteiger partial charge in [0.25, 0.3) is 0 Å². The summed E-state index contributed by atoms with van der Waals surface area (Å²) in [5.74, 6) is -1.80. The van der Waals surface area contributed by atoms with Crippen molar-refractivity contribution in [3.63, 3.8) is 0 Å². The summed E-state index contributed by atoms with van der Waals surface area (Å²) in [4.78, 5) is 37.6. The number of hydrogen-bond acceptors (Lipinski definition) is 3. The minimum atomic E-state index is -0.710.